The van der Waals surface area contributed by atoms with Crippen molar-refractivity contribution in [1.82, 2.24) is 15.1 Å². The molecule has 2 saturated heterocycles. The molecule has 7 heteroatoms. The highest BCUT2D eigenvalue weighted by Crippen LogP contribution is 2.32. The van der Waals surface area contributed by atoms with E-state index in [0.717, 1.165) is 62.8 Å². The molecule has 2 aromatic rings. The van der Waals surface area contributed by atoms with Gasteiger partial charge in [0.2, 0.25) is 0 Å². The van der Waals surface area contributed by atoms with Crippen LogP contribution in [0.3, 0.4) is 0 Å². The number of piperidine rings is 1. The highest BCUT2D eigenvalue weighted by molar-refractivity contribution is 5.75. The molecule has 0 unspecified atom stereocenters. The lowest BCUT2D eigenvalue weighted by Gasteiger charge is -2.38. The van der Waals surface area contributed by atoms with E-state index in [2.05, 4.69) is 45.4 Å². The van der Waals surface area contributed by atoms with Crippen LogP contribution in [0.25, 0.3) is 0 Å². The van der Waals surface area contributed by atoms with Crippen molar-refractivity contribution >= 4 is 11.7 Å². The first-order valence-electron chi connectivity index (χ1n) is 11.4. The maximum Gasteiger partial charge on any atom is 0.317 e. The van der Waals surface area contributed by atoms with E-state index in [1.807, 2.05) is 23.1 Å². The number of benzene rings is 2. The fourth-order valence-corrected chi connectivity index (χ4v) is 4.54. The Morgan fingerprint density at radius 2 is 1.66 bits per heavy atom. The van der Waals surface area contributed by atoms with Crippen molar-refractivity contribution in [3.63, 3.8) is 0 Å². The molecule has 2 heterocycles. The minimum absolute atomic E-state index is 0.0628. The summed E-state index contributed by atoms with van der Waals surface area (Å²) in [5, 5.41) is 3.27. The number of carbonyl (C=O) groups is 1. The van der Waals surface area contributed by atoms with Crippen molar-refractivity contribution < 1.29 is 14.3 Å². The average molecular weight is 439 g/mol. The Balaban J connectivity index is 1.22. The van der Waals surface area contributed by atoms with Crippen LogP contribution in [-0.2, 0) is 6.54 Å². The van der Waals surface area contributed by atoms with Crippen molar-refractivity contribution in [1.29, 1.82) is 0 Å². The summed E-state index contributed by atoms with van der Waals surface area (Å²) in [7, 11) is 3.33. The molecule has 1 N–H and O–H groups in total. The van der Waals surface area contributed by atoms with Gasteiger partial charge in [0.15, 0.2) is 0 Å². The number of hydrogen-bond acceptors (Lipinski definition) is 5. The van der Waals surface area contributed by atoms with Crippen LogP contribution in [-0.4, -0.2) is 75.4 Å². The Bertz CT molecular complexity index is 876. The van der Waals surface area contributed by atoms with E-state index < -0.39 is 0 Å². The highest BCUT2D eigenvalue weighted by atomic mass is 16.5. The zero-order valence-electron chi connectivity index (χ0n) is 19.1. The lowest BCUT2D eigenvalue weighted by Crippen LogP contribution is -2.54. The molecule has 0 atom stereocenters. The van der Waals surface area contributed by atoms with Gasteiger partial charge < -0.3 is 24.6 Å². The minimum atomic E-state index is 0.0628. The standard InChI is InChI=1S/C25H34N4O3/c1-31-22-8-9-23(24(18-22)32-2)28-14-16-29(17-15-28)25(30)26-21-10-12-27(13-11-21)19-20-6-4-3-5-7-20/h3-9,18,21H,10-17,19H2,1-2H3,(H,26,30). The third-order valence-electron chi connectivity index (χ3n) is 6.46. The third kappa shape index (κ3) is 5.46. The summed E-state index contributed by atoms with van der Waals surface area (Å²) in [6.45, 7) is 5.99. The molecule has 2 aromatic carbocycles. The Labute approximate surface area is 190 Å². The number of nitrogens with zero attached hydrogens (tertiary/aromatic N) is 3. The fraction of sp³-hybridized carbons (Fsp3) is 0.480. The second-order valence-corrected chi connectivity index (χ2v) is 8.50. The smallest absolute Gasteiger partial charge is 0.317 e. The molecule has 7 nitrogen and oxygen atoms in total. The quantitative estimate of drug-likeness (QED) is 0.751. The molecule has 0 aromatic heterocycles. The van der Waals surface area contributed by atoms with Crippen molar-refractivity contribution in [2.45, 2.75) is 25.4 Å². The van der Waals surface area contributed by atoms with E-state index in [-0.39, 0.29) is 12.1 Å². The molecule has 0 bridgehead atoms. The van der Waals surface area contributed by atoms with Gasteiger partial charge in [0.25, 0.3) is 0 Å². The monoisotopic (exact) mass is 438 g/mol. The van der Waals surface area contributed by atoms with Gasteiger partial charge in [0, 0.05) is 57.9 Å². The van der Waals surface area contributed by atoms with Crippen molar-refractivity contribution in [3.05, 3.63) is 54.1 Å². The van der Waals surface area contributed by atoms with Crippen LogP contribution < -0.4 is 19.7 Å². The summed E-state index contributed by atoms with van der Waals surface area (Å²) in [5.74, 6) is 1.57. The van der Waals surface area contributed by atoms with Gasteiger partial charge in [-0.3, -0.25) is 4.90 Å². The maximum absolute atomic E-state index is 12.8. The number of piperazine rings is 1. The second-order valence-electron chi connectivity index (χ2n) is 8.50. The van der Waals surface area contributed by atoms with Crippen LogP contribution in [0.4, 0.5) is 10.5 Å². The number of ether oxygens (including phenoxy) is 2. The number of anilines is 1. The molecule has 2 amide bonds. The van der Waals surface area contributed by atoms with Gasteiger partial charge in [-0.1, -0.05) is 30.3 Å². The zero-order chi connectivity index (χ0) is 22.3. The van der Waals surface area contributed by atoms with Crippen LogP contribution in [0.2, 0.25) is 0 Å². The first-order chi connectivity index (χ1) is 15.7. The number of amides is 2. The lowest BCUT2D eigenvalue weighted by molar-refractivity contribution is 0.167. The summed E-state index contributed by atoms with van der Waals surface area (Å²) in [5.41, 5.74) is 2.39. The van der Waals surface area contributed by atoms with Crippen LogP contribution in [0.15, 0.2) is 48.5 Å². The van der Waals surface area contributed by atoms with Crippen molar-refractivity contribution in [2.75, 3.05) is 58.4 Å². The number of methoxy groups -OCH3 is 2. The Kier molecular flexibility index (Phi) is 7.37. The number of nitrogens with one attached hydrogen (secondary N) is 1. The number of hydrogen-bond donors (Lipinski definition) is 1. The minimum Gasteiger partial charge on any atom is -0.497 e. The van der Waals surface area contributed by atoms with E-state index in [4.69, 9.17) is 9.47 Å². The summed E-state index contributed by atoms with van der Waals surface area (Å²) in [4.78, 5) is 19.5. The number of carbonyl (C=O) groups excluding carboxylic acids is 1. The molecule has 32 heavy (non-hydrogen) atoms. The molecule has 172 valence electrons. The van der Waals surface area contributed by atoms with E-state index in [9.17, 15) is 4.79 Å². The summed E-state index contributed by atoms with van der Waals surface area (Å²) >= 11 is 0. The van der Waals surface area contributed by atoms with E-state index in [1.54, 1.807) is 14.2 Å². The predicted octanol–water partition coefficient (Wildman–Crippen LogP) is 3.20. The first kappa shape index (κ1) is 22.3. The first-order valence-corrected chi connectivity index (χ1v) is 11.4. The van der Waals surface area contributed by atoms with Gasteiger partial charge in [-0.2, -0.15) is 0 Å². The topological polar surface area (TPSA) is 57.3 Å². The van der Waals surface area contributed by atoms with E-state index >= 15 is 0 Å². The normalized spacial score (nSPS) is 17.8. The highest BCUT2D eigenvalue weighted by Gasteiger charge is 2.26. The molecule has 0 aliphatic carbocycles. The van der Waals surface area contributed by atoms with Crippen LogP contribution in [0.1, 0.15) is 18.4 Å². The fourth-order valence-electron chi connectivity index (χ4n) is 4.54. The van der Waals surface area contributed by atoms with Crippen LogP contribution in [0, 0.1) is 0 Å². The average Bonchev–Trinajstić information content (AvgIpc) is 2.85. The molecule has 0 radical (unpaired) electrons. The Hall–Kier alpha value is -2.93. The Morgan fingerprint density at radius 1 is 0.938 bits per heavy atom. The number of likely N-dealkylation sites (tertiary alicyclic amines) is 1. The summed E-state index contributed by atoms with van der Waals surface area (Å²) in [6, 6.07) is 16.8. The molecule has 0 spiro atoms. The second kappa shape index (κ2) is 10.6. The lowest BCUT2D eigenvalue weighted by atomic mass is 10.0. The van der Waals surface area contributed by atoms with Crippen LogP contribution >= 0.6 is 0 Å². The van der Waals surface area contributed by atoms with E-state index in [1.165, 1.54) is 5.56 Å². The summed E-state index contributed by atoms with van der Waals surface area (Å²) in [6.07, 6.45) is 2.00. The molecular weight excluding hydrogens is 404 g/mol. The number of urea groups is 1. The maximum atomic E-state index is 12.8. The van der Waals surface area contributed by atoms with Crippen molar-refractivity contribution in [2.24, 2.45) is 0 Å². The van der Waals surface area contributed by atoms with Gasteiger partial charge in [-0.05, 0) is 30.5 Å². The van der Waals surface area contributed by atoms with Crippen LogP contribution in [0.5, 0.6) is 11.5 Å². The van der Waals surface area contributed by atoms with Gasteiger partial charge in [-0.15, -0.1) is 0 Å². The van der Waals surface area contributed by atoms with Gasteiger partial charge in [0.05, 0.1) is 19.9 Å². The largest absolute Gasteiger partial charge is 0.497 e. The Morgan fingerprint density at radius 3 is 2.31 bits per heavy atom. The SMILES string of the molecule is COc1ccc(N2CCN(C(=O)NC3CCN(Cc4ccccc4)CC3)CC2)c(OC)c1. The molecule has 2 fully saturated rings. The molecule has 2 aliphatic heterocycles. The zero-order valence-corrected chi connectivity index (χ0v) is 19.1. The third-order valence-corrected chi connectivity index (χ3v) is 6.46. The predicted molar refractivity (Wildman–Crippen MR) is 127 cm³/mol. The van der Waals surface area contributed by atoms with Crippen molar-refractivity contribution in [3.8, 4) is 11.5 Å². The van der Waals surface area contributed by atoms with Gasteiger partial charge in [0.1, 0.15) is 11.5 Å². The molecular formula is C25H34N4O3. The molecule has 2 aliphatic rings. The molecule has 4 rings (SSSR count). The van der Waals surface area contributed by atoms with Gasteiger partial charge >= 0.3 is 6.03 Å². The van der Waals surface area contributed by atoms with E-state index in [0.29, 0.717) is 13.1 Å². The summed E-state index contributed by atoms with van der Waals surface area (Å²) < 4.78 is 10.8. The number of rotatable bonds is 6. The van der Waals surface area contributed by atoms with Gasteiger partial charge in [-0.25, -0.2) is 4.79 Å². The molecule has 0 saturated carbocycles.